The van der Waals surface area contributed by atoms with Crippen molar-refractivity contribution < 1.29 is 4.79 Å². The van der Waals surface area contributed by atoms with Crippen molar-refractivity contribution in [2.24, 2.45) is 5.92 Å². The van der Waals surface area contributed by atoms with Crippen LogP contribution in [0.15, 0.2) is 18.5 Å². The van der Waals surface area contributed by atoms with Crippen LogP contribution >= 0.6 is 0 Å². The summed E-state index contributed by atoms with van der Waals surface area (Å²) in [5.41, 5.74) is 0. The minimum atomic E-state index is -0.217. The Labute approximate surface area is 131 Å². The van der Waals surface area contributed by atoms with E-state index in [0.717, 1.165) is 38.8 Å². The molecule has 118 valence electrons. The minimum Gasteiger partial charge on any atom is -0.326 e. The molecule has 1 amide bonds. The molecular formula is C16H23N5O. The third kappa shape index (κ3) is 3.47. The number of nitrogens with zero attached hydrogens (tertiary/aromatic N) is 4. The molecule has 6 nitrogen and oxygen atoms in total. The summed E-state index contributed by atoms with van der Waals surface area (Å²) < 4.78 is 1.99. The van der Waals surface area contributed by atoms with Gasteiger partial charge in [0.1, 0.15) is 6.04 Å². The molecule has 1 saturated heterocycles. The first-order chi connectivity index (χ1) is 10.8. The number of nitrogens with one attached hydrogen (secondary N) is 1. The van der Waals surface area contributed by atoms with Crippen LogP contribution in [0.2, 0.25) is 0 Å². The summed E-state index contributed by atoms with van der Waals surface area (Å²) in [7, 11) is 0. The molecule has 1 aromatic rings. The molecule has 0 spiro atoms. The van der Waals surface area contributed by atoms with Crippen LogP contribution in [0.1, 0.15) is 32.1 Å². The third-order valence-electron chi connectivity index (χ3n) is 4.81. The van der Waals surface area contributed by atoms with Gasteiger partial charge in [-0.05, 0) is 44.1 Å². The smallest absolute Gasteiger partial charge is 0.237 e. The minimum absolute atomic E-state index is 0.0691. The van der Waals surface area contributed by atoms with Gasteiger partial charge in [0.15, 0.2) is 0 Å². The first-order valence-electron chi connectivity index (χ1n) is 8.16. The Balaban J connectivity index is 1.41. The molecule has 1 aliphatic carbocycles. The zero-order chi connectivity index (χ0) is 15.4. The number of hydrogen-bond acceptors (Lipinski definition) is 4. The lowest BCUT2D eigenvalue weighted by Crippen LogP contribution is -2.42. The van der Waals surface area contributed by atoms with Crippen LogP contribution in [0.3, 0.4) is 0 Å². The van der Waals surface area contributed by atoms with Crippen LogP contribution in [-0.4, -0.2) is 45.8 Å². The molecule has 2 aliphatic rings. The Hall–Kier alpha value is -1.87. The lowest BCUT2D eigenvalue weighted by Gasteiger charge is -2.21. The zero-order valence-corrected chi connectivity index (χ0v) is 12.8. The average Bonchev–Trinajstić information content (AvgIpc) is 3.26. The number of nitriles is 1. The average molecular weight is 301 g/mol. The number of rotatable bonds is 5. The van der Waals surface area contributed by atoms with Gasteiger partial charge >= 0.3 is 0 Å². The molecule has 2 heterocycles. The number of carbonyl (C=O) groups is 1. The Morgan fingerprint density at radius 2 is 2.32 bits per heavy atom. The summed E-state index contributed by atoms with van der Waals surface area (Å²) in [5.74, 6) is 0.700. The van der Waals surface area contributed by atoms with E-state index >= 15 is 0 Å². The topological polar surface area (TPSA) is 74.0 Å². The summed E-state index contributed by atoms with van der Waals surface area (Å²) in [6.45, 7) is 2.05. The van der Waals surface area contributed by atoms with Crippen LogP contribution in [0.25, 0.3) is 0 Å². The maximum atomic E-state index is 12.2. The first kappa shape index (κ1) is 15.0. The Morgan fingerprint density at radius 3 is 3.09 bits per heavy atom. The van der Waals surface area contributed by atoms with Crippen LogP contribution in [-0.2, 0) is 11.3 Å². The first-order valence-corrected chi connectivity index (χ1v) is 8.16. The number of likely N-dealkylation sites (tertiary alicyclic amines) is 1. The molecule has 6 heteroatoms. The number of amides is 1. The molecule has 1 N–H and O–H groups in total. The predicted molar refractivity (Wildman–Crippen MR) is 81.7 cm³/mol. The molecular weight excluding hydrogens is 278 g/mol. The van der Waals surface area contributed by atoms with E-state index in [1.54, 1.807) is 4.90 Å². The predicted octanol–water partition coefficient (Wildman–Crippen LogP) is 1.16. The number of aromatic nitrogens is 2. The lowest BCUT2D eigenvalue weighted by atomic mass is 10.1. The van der Waals surface area contributed by atoms with E-state index in [2.05, 4.69) is 16.5 Å². The molecule has 0 bridgehead atoms. The molecule has 22 heavy (non-hydrogen) atoms. The van der Waals surface area contributed by atoms with Crippen LogP contribution in [0.4, 0.5) is 0 Å². The monoisotopic (exact) mass is 301 g/mol. The van der Waals surface area contributed by atoms with E-state index in [1.807, 2.05) is 23.1 Å². The molecule has 0 unspecified atom stereocenters. The summed E-state index contributed by atoms with van der Waals surface area (Å²) in [6, 6.07) is 4.36. The Kier molecular flexibility index (Phi) is 4.74. The van der Waals surface area contributed by atoms with Gasteiger partial charge in [0.2, 0.25) is 5.91 Å². The van der Waals surface area contributed by atoms with Gasteiger partial charge in [0.05, 0.1) is 12.6 Å². The van der Waals surface area contributed by atoms with Gasteiger partial charge < -0.3 is 10.2 Å². The standard InChI is InChI=1S/C16H23N5O/c17-10-15-3-1-8-21(15)16(22)11-18-14-5-4-13(9-14)12-20-7-2-6-19-20/h2,6-7,13-15,18H,1,3-5,8-9,11-12H2/t13-,14+,15-/m0/s1. The van der Waals surface area contributed by atoms with Crippen molar-refractivity contribution in [3.05, 3.63) is 18.5 Å². The van der Waals surface area contributed by atoms with E-state index in [4.69, 9.17) is 5.26 Å². The second kappa shape index (κ2) is 6.93. The fourth-order valence-corrected chi connectivity index (χ4v) is 3.63. The van der Waals surface area contributed by atoms with E-state index in [9.17, 15) is 4.79 Å². The van der Waals surface area contributed by atoms with Gasteiger partial charge in [-0.2, -0.15) is 10.4 Å². The molecule has 0 radical (unpaired) electrons. The van der Waals surface area contributed by atoms with Crippen molar-refractivity contribution in [1.29, 1.82) is 5.26 Å². The van der Waals surface area contributed by atoms with Gasteiger partial charge in [0.25, 0.3) is 0 Å². The maximum Gasteiger partial charge on any atom is 0.237 e. The van der Waals surface area contributed by atoms with Crippen molar-refractivity contribution in [3.8, 4) is 6.07 Å². The highest BCUT2D eigenvalue weighted by Gasteiger charge is 2.30. The fraction of sp³-hybridized carbons (Fsp3) is 0.688. The summed E-state index contributed by atoms with van der Waals surface area (Å²) in [5, 5.41) is 16.7. The van der Waals surface area contributed by atoms with Crippen molar-refractivity contribution in [3.63, 3.8) is 0 Å². The van der Waals surface area contributed by atoms with Crippen molar-refractivity contribution >= 4 is 5.91 Å². The summed E-state index contributed by atoms with van der Waals surface area (Å²) in [4.78, 5) is 13.9. The SMILES string of the molecule is N#C[C@@H]1CCCN1C(=O)CN[C@@H]1CC[C@H](Cn2cccn2)C1. The fourth-order valence-electron chi connectivity index (χ4n) is 3.63. The normalized spacial score (nSPS) is 28.0. The lowest BCUT2D eigenvalue weighted by molar-refractivity contribution is -0.130. The van der Waals surface area contributed by atoms with E-state index < -0.39 is 0 Å². The second-order valence-electron chi connectivity index (χ2n) is 6.36. The van der Waals surface area contributed by atoms with Crippen molar-refractivity contribution in [1.82, 2.24) is 20.0 Å². The zero-order valence-electron chi connectivity index (χ0n) is 12.8. The molecule has 1 aliphatic heterocycles. The van der Waals surface area contributed by atoms with Crippen LogP contribution < -0.4 is 5.32 Å². The maximum absolute atomic E-state index is 12.2. The largest absolute Gasteiger partial charge is 0.326 e. The van der Waals surface area contributed by atoms with Gasteiger partial charge in [0, 0.05) is 31.5 Å². The molecule has 1 aromatic heterocycles. The Bertz CT molecular complexity index is 535. The van der Waals surface area contributed by atoms with Crippen molar-refractivity contribution in [2.75, 3.05) is 13.1 Å². The van der Waals surface area contributed by atoms with E-state index in [-0.39, 0.29) is 11.9 Å². The number of hydrogen-bond donors (Lipinski definition) is 1. The van der Waals surface area contributed by atoms with Gasteiger partial charge in [-0.15, -0.1) is 0 Å². The van der Waals surface area contributed by atoms with Crippen LogP contribution in [0, 0.1) is 17.2 Å². The summed E-state index contributed by atoms with van der Waals surface area (Å²) >= 11 is 0. The number of carbonyl (C=O) groups excluding carboxylic acids is 1. The van der Waals surface area contributed by atoms with Gasteiger partial charge in [-0.1, -0.05) is 0 Å². The Morgan fingerprint density at radius 1 is 1.41 bits per heavy atom. The van der Waals surface area contributed by atoms with E-state index in [0.29, 0.717) is 18.5 Å². The highest BCUT2D eigenvalue weighted by Crippen LogP contribution is 2.26. The molecule has 1 saturated carbocycles. The van der Waals surface area contributed by atoms with Crippen molar-refractivity contribution in [2.45, 2.75) is 50.7 Å². The van der Waals surface area contributed by atoms with Gasteiger partial charge in [-0.25, -0.2) is 0 Å². The highest BCUT2D eigenvalue weighted by molar-refractivity contribution is 5.79. The highest BCUT2D eigenvalue weighted by atomic mass is 16.2. The molecule has 0 aromatic carbocycles. The van der Waals surface area contributed by atoms with E-state index in [1.165, 1.54) is 6.42 Å². The summed E-state index contributed by atoms with van der Waals surface area (Å²) in [6.07, 6.45) is 8.95. The van der Waals surface area contributed by atoms with Crippen LogP contribution in [0.5, 0.6) is 0 Å². The molecule has 3 atom stereocenters. The quantitative estimate of drug-likeness (QED) is 0.885. The third-order valence-corrected chi connectivity index (χ3v) is 4.81. The molecule has 2 fully saturated rings. The van der Waals surface area contributed by atoms with Gasteiger partial charge in [-0.3, -0.25) is 9.48 Å². The molecule has 3 rings (SSSR count). The second-order valence-corrected chi connectivity index (χ2v) is 6.36.